The molecule has 204 valence electrons. The maximum Gasteiger partial charge on any atom is -0.0473 e. The molecule has 0 aliphatic heterocycles. The van der Waals surface area contributed by atoms with Crippen LogP contribution in [0.4, 0.5) is 0 Å². The molecule has 0 aliphatic carbocycles. The first-order valence-electron chi connectivity index (χ1n) is 13.9. The number of hydrogen-bond acceptors (Lipinski definition) is 0. The molecule has 0 saturated heterocycles. The van der Waals surface area contributed by atoms with Crippen molar-refractivity contribution in [3.05, 3.63) is 25.8 Å². The second-order valence-corrected chi connectivity index (χ2v) is 1.12. The van der Waals surface area contributed by atoms with Crippen LogP contribution < -0.4 is 0 Å². The highest BCUT2D eigenvalue weighted by atomic mass is 13.4. The highest BCUT2D eigenvalue weighted by Gasteiger charge is 1.35. The number of allylic oxidation sites excluding steroid dienone is 1. The summed E-state index contributed by atoms with van der Waals surface area (Å²) in [5.74, 6) is 0. The third kappa shape index (κ3) is 71300. The van der Waals surface area contributed by atoms with Gasteiger partial charge in [-0.25, -0.2) is 0 Å². The van der Waals surface area contributed by atoms with E-state index >= 15 is 0 Å². The lowest BCUT2D eigenvalue weighted by atomic mass is 10.6. The van der Waals surface area contributed by atoms with Crippen LogP contribution in [0.1, 0.15) is 180 Å². The summed E-state index contributed by atoms with van der Waals surface area (Å²) in [4.78, 5) is 0. The zero-order chi connectivity index (χ0) is 29.4. The summed E-state index contributed by atoms with van der Waals surface area (Å²) in [5.41, 5.74) is 0. The van der Waals surface area contributed by atoms with Crippen molar-refractivity contribution < 1.29 is 0 Å². The van der Waals surface area contributed by atoms with Gasteiger partial charge >= 0.3 is 0 Å². The van der Waals surface area contributed by atoms with Crippen molar-refractivity contribution >= 4 is 0 Å². The Labute approximate surface area is 205 Å². The average molecular weight is 445 g/mol. The fourth-order valence-electron chi connectivity index (χ4n) is 0. The van der Waals surface area contributed by atoms with E-state index in [1.165, 1.54) is 6.42 Å². The van der Waals surface area contributed by atoms with Crippen molar-refractivity contribution in [3.63, 3.8) is 0 Å². The second kappa shape index (κ2) is 9820. The molecule has 0 N–H and O–H groups in total. The Kier molecular flexibility index (Phi) is 32700. The molecular formula is C30H84. The Hall–Kier alpha value is -0.520. The van der Waals surface area contributed by atoms with Gasteiger partial charge in [0, 0.05) is 0 Å². The van der Waals surface area contributed by atoms with Crippen LogP contribution in [0.15, 0.2) is 25.8 Å². The van der Waals surface area contributed by atoms with Gasteiger partial charge < -0.3 is 0 Å². The van der Waals surface area contributed by atoms with Crippen molar-refractivity contribution in [2.75, 3.05) is 0 Å². The molecule has 0 radical (unpaired) electrons. The van der Waals surface area contributed by atoms with Gasteiger partial charge in [-0.2, -0.15) is 0 Å². The fourth-order valence-corrected chi connectivity index (χ4v) is 0. The summed E-state index contributed by atoms with van der Waals surface area (Å²) < 4.78 is 0. The highest BCUT2D eigenvalue weighted by molar-refractivity contribution is 4.51. The third-order valence-corrected chi connectivity index (χ3v) is 0. The van der Waals surface area contributed by atoms with Gasteiger partial charge in [-0.1, -0.05) is 179 Å². The van der Waals surface area contributed by atoms with Gasteiger partial charge in [0.05, 0.1) is 0 Å². The molecule has 0 bridgehead atoms. The van der Waals surface area contributed by atoms with E-state index in [1.807, 2.05) is 159 Å². The van der Waals surface area contributed by atoms with Crippen LogP contribution in [0.2, 0.25) is 0 Å². The van der Waals surface area contributed by atoms with Gasteiger partial charge in [0.1, 0.15) is 0 Å². The molecule has 0 unspecified atom stereocenters. The molecule has 0 nitrogen and oxygen atoms in total. The molecular weight excluding hydrogens is 360 g/mol. The summed E-state index contributed by atoms with van der Waals surface area (Å²) in [6.45, 7) is 59.5. The van der Waals surface area contributed by atoms with Crippen LogP contribution in [0.5, 0.6) is 0 Å². The van der Waals surface area contributed by atoms with Gasteiger partial charge in [0.2, 0.25) is 0 Å². The van der Waals surface area contributed by atoms with E-state index in [4.69, 9.17) is 0 Å². The maximum atomic E-state index is 3.36. The van der Waals surface area contributed by atoms with Crippen LogP contribution in [0, 0.1) is 0 Å². The first kappa shape index (κ1) is 99.8. The summed E-state index contributed by atoms with van der Waals surface area (Å²) in [6.07, 6.45) is 3.00. The predicted octanol–water partition coefficient (Wildman–Crippen LogP) is 14.7. The Morgan fingerprint density at radius 1 is 0.367 bits per heavy atom. The smallest absolute Gasteiger partial charge is 0.0473 e. The van der Waals surface area contributed by atoms with Crippen molar-refractivity contribution in [3.8, 4) is 0 Å². The second-order valence-electron chi connectivity index (χ2n) is 1.12. The van der Waals surface area contributed by atoms with E-state index in [0.29, 0.717) is 0 Å². The van der Waals surface area contributed by atoms with E-state index in [1.54, 1.807) is 6.08 Å². The molecule has 30 heavy (non-hydrogen) atoms. The van der Waals surface area contributed by atoms with E-state index in [-0.39, 0.29) is 0 Å². The first-order valence-corrected chi connectivity index (χ1v) is 13.9. The lowest BCUT2D eigenvalue weighted by Crippen LogP contribution is -1.27. The topological polar surface area (TPSA) is 0 Å². The lowest BCUT2D eigenvalue weighted by Gasteiger charge is -1.48. The molecule has 0 heteroatoms. The number of hydrogen-bond donors (Lipinski definition) is 0. The van der Waals surface area contributed by atoms with Gasteiger partial charge in [0.25, 0.3) is 0 Å². The van der Waals surface area contributed by atoms with Crippen molar-refractivity contribution in [2.45, 2.75) is 180 Å². The highest BCUT2D eigenvalue weighted by Crippen LogP contribution is 1.56. The van der Waals surface area contributed by atoms with Crippen LogP contribution in [0.25, 0.3) is 0 Å². The lowest BCUT2D eigenvalue weighted by molar-refractivity contribution is 1.09. The average Bonchev–Trinajstić information content (AvgIpc) is 2.94. The largest absolute Gasteiger partial charge is 0.106 e. The third-order valence-electron chi connectivity index (χ3n) is 0. The normalized spacial score (nSPS) is 3.37. The fraction of sp³-hybridized carbons (Fsp3) is 0.867. The Balaban J connectivity index is -0.00000000769. The molecule has 0 aromatic carbocycles. The van der Waals surface area contributed by atoms with E-state index in [0.717, 1.165) is 0 Å². The molecule has 0 heterocycles. The molecule has 0 aromatic rings. The minimum atomic E-state index is 1.25. The van der Waals surface area contributed by atoms with Crippen LogP contribution >= 0.6 is 0 Å². The van der Waals surface area contributed by atoms with Crippen LogP contribution in [0.3, 0.4) is 0 Å². The number of rotatable bonds is 0. The molecule has 0 aromatic heterocycles. The zero-order valence-electron chi connectivity index (χ0n) is 28.4. The summed E-state index contributed by atoms with van der Waals surface area (Å²) in [5, 5.41) is 0. The van der Waals surface area contributed by atoms with Gasteiger partial charge in [-0.15, -0.1) is 19.7 Å². The molecule has 0 rings (SSSR count). The maximum absolute atomic E-state index is 3.36. The molecule has 0 atom stereocenters. The standard InChI is InChI=1S/C3H8.C3H6.11C2H6.C2H4/c2*1-3-2;12*1-2/h3H2,1-2H3;3H,1H2,2H3;11*1-2H3;1-2H2. The Morgan fingerprint density at radius 3 is 0.367 bits per heavy atom. The first-order chi connectivity index (χ1) is 14.8. The van der Waals surface area contributed by atoms with Crippen molar-refractivity contribution in [1.29, 1.82) is 0 Å². The zero-order valence-corrected chi connectivity index (χ0v) is 28.4. The molecule has 0 aliphatic rings. The minimum absolute atomic E-state index is 1.25. The predicted molar refractivity (Wildman–Crippen MR) is 168 cm³/mol. The van der Waals surface area contributed by atoms with Gasteiger partial charge in [-0.3, -0.25) is 0 Å². The van der Waals surface area contributed by atoms with Crippen LogP contribution in [-0.4, -0.2) is 0 Å². The SMILES string of the molecule is C=C.C=CC.CC.CC.CC.CC.CC.CC.CC.CC.CC.CC.CC.CCC. The summed E-state index contributed by atoms with van der Waals surface area (Å²) in [6, 6.07) is 0. The van der Waals surface area contributed by atoms with Gasteiger partial charge in [0.15, 0.2) is 0 Å². The van der Waals surface area contributed by atoms with Crippen LogP contribution in [-0.2, 0) is 0 Å². The Bertz CT molecular complexity index is 21.2. The molecule has 0 saturated carbocycles. The van der Waals surface area contributed by atoms with E-state index < -0.39 is 0 Å². The molecule has 0 fully saturated rings. The molecule has 0 amide bonds. The monoisotopic (exact) mass is 445 g/mol. The van der Waals surface area contributed by atoms with E-state index in [9.17, 15) is 0 Å². The van der Waals surface area contributed by atoms with Gasteiger partial charge in [-0.05, 0) is 6.92 Å². The van der Waals surface area contributed by atoms with Crippen molar-refractivity contribution in [2.24, 2.45) is 0 Å². The van der Waals surface area contributed by atoms with Crippen molar-refractivity contribution in [1.82, 2.24) is 0 Å². The Morgan fingerprint density at radius 2 is 0.367 bits per heavy atom. The summed E-state index contributed by atoms with van der Waals surface area (Å²) >= 11 is 0. The minimum Gasteiger partial charge on any atom is -0.106 e. The summed E-state index contributed by atoms with van der Waals surface area (Å²) in [7, 11) is 0. The van der Waals surface area contributed by atoms with E-state index in [2.05, 4.69) is 33.6 Å². The molecule has 0 spiro atoms. The quantitative estimate of drug-likeness (QED) is 0.326.